The number of nitrogen functional groups attached to an aromatic ring is 1. The molecular formula is C12H9Cl2N5. The highest BCUT2D eigenvalue weighted by Gasteiger charge is 2.16. The molecule has 2 aromatic heterocycles. The van der Waals surface area contributed by atoms with Gasteiger partial charge in [0.1, 0.15) is 0 Å². The normalized spacial score (nSPS) is 10.8. The van der Waals surface area contributed by atoms with E-state index in [2.05, 4.69) is 20.4 Å². The molecule has 0 radical (unpaired) electrons. The van der Waals surface area contributed by atoms with Crippen LogP contribution in [0.15, 0.2) is 30.6 Å². The summed E-state index contributed by atoms with van der Waals surface area (Å²) in [4.78, 5) is 0. The second-order valence-electron chi connectivity index (χ2n) is 3.97. The zero-order chi connectivity index (χ0) is 13.4. The number of nitrogens with two attached hydrogens (primary N) is 1. The van der Waals surface area contributed by atoms with Crippen LogP contribution < -0.4 is 5.73 Å². The van der Waals surface area contributed by atoms with Crippen LogP contribution in [0.5, 0.6) is 0 Å². The van der Waals surface area contributed by atoms with Crippen LogP contribution >= 0.6 is 23.2 Å². The molecule has 0 aliphatic carbocycles. The van der Waals surface area contributed by atoms with E-state index in [1.54, 1.807) is 24.5 Å². The molecule has 5 nitrogen and oxygen atoms in total. The Morgan fingerprint density at radius 3 is 2.63 bits per heavy atom. The van der Waals surface area contributed by atoms with Crippen molar-refractivity contribution in [3.63, 3.8) is 0 Å². The van der Waals surface area contributed by atoms with E-state index in [1.807, 2.05) is 6.07 Å². The van der Waals surface area contributed by atoms with Gasteiger partial charge in [0.2, 0.25) is 0 Å². The second kappa shape index (κ2) is 4.60. The van der Waals surface area contributed by atoms with E-state index >= 15 is 0 Å². The fourth-order valence-corrected chi connectivity index (χ4v) is 2.19. The maximum absolute atomic E-state index is 6.04. The third-order valence-corrected chi connectivity index (χ3v) is 3.53. The number of rotatable bonds is 2. The Morgan fingerprint density at radius 2 is 1.95 bits per heavy atom. The summed E-state index contributed by atoms with van der Waals surface area (Å²) < 4.78 is 0. The van der Waals surface area contributed by atoms with Gasteiger partial charge in [-0.2, -0.15) is 10.2 Å². The Balaban J connectivity index is 2.19. The van der Waals surface area contributed by atoms with Gasteiger partial charge in [-0.3, -0.25) is 10.2 Å². The first kappa shape index (κ1) is 12.1. The van der Waals surface area contributed by atoms with Gasteiger partial charge < -0.3 is 5.73 Å². The summed E-state index contributed by atoms with van der Waals surface area (Å²) in [5.74, 6) is 0.398. The predicted molar refractivity (Wildman–Crippen MR) is 76.0 cm³/mol. The van der Waals surface area contributed by atoms with Gasteiger partial charge in [-0.1, -0.05) is 29.3 Å². The molecule has 0 fully saturated rings. The zero-order valence-corrected chi connectivity index (χ0v) is 11.1. The van der Waals surface area contributed by atoms with E-state index < -0.39 is 0 Å². The maximum Gasteiger partial charge on any atom is 0.153 e. The quantitative estimate of drug-likeness (QED) is 0.677. The Labute approximate surface area is 118 Å². The number of benzene rings is 1. The summed E-state index contributed by atoms with van der Waals surface area (Å²) in [5, 5.41) is 14.6. The lowest BCUT2D eigenvalue weighted by atomic mass is 10.0. The molecule has 1 aromatic carbocycles. The molecule has 0 amide bonds. The summed E-state index contributed by atoms with van der Waals surface area (Å²) in [7, 11) is 0. The van der Waals surface area contributed by atoms with Gasteiger partial charge >= 0.3 is 0 Å². The summed E-state index contributed by atoms with van der Waals surface area (Å²) in [6.45, 7) is 0. The van der Waals surface area contributed by atoms with Crippen LogP contribution in [0.3, 0.4) is 0 Å². The van der Waals surface area contributed by atoms with Crippen molar-refractivity contribution in [2.45, 2.75) is 0 Å². The summed E-state index contributed by atoms with van der Waals surface area (Å²) in [6, 6.07) is 5.33. The molecule has 0 bridgehead atoms. The molecule has 0 aliphatic heterocycles. The molecule has 3 aromatic rings. The topological polar surface area (TPSA) is 83.4 Å². The second-order valence-corrected chi connectivity index (χ2v) is 4.79. The van der Waals surface area contributed by atoms with E-state index in [9.17, 15) is 0 Å². The summed E-state index contributed by atoms with van der Waals surface area (Å²) >= 11 is 12.0. The highest BCUT2D eigenvalue weighted by atomic mass is 35.5. The first-order valence-corrected chi connectivity index (χ1v) is 6.21. The first-order chi connectivity index (χ1) is 9.16. The maximum atomic E-state index is 6.04. The predicted octanol–water partition coefficient (Wildman–Crippen LogP) is 3.36. The third-order valence-electron chi connectivity index (χ3n) is 2.79. The first-order valence-electron chi connectivity index (χ1n) is 5.45. The molecule has 7 heteroatoms. The highest BCUT2D eigenvalue weighted by Crippen LogP contribution is 2.36. The molecule has 0 saturated carbocycles. The molecule has 96 valence electrons. The molecule has 0 atom stereocenters. The zero-order valence-electron chi connectivity index (χ0n) is 9.61. The molecule has 3 rings (SSSR count). The smallest absolute Gasteiger partial charge is 0.153 e. The minimum absolute atomic E-state index is 0.398. The van der Waals surface area contributed by atoms with Crippen LogP contribution in [0.25, 0.3) is 22.4 Å². The number of hydrogen-bond donors (Lipinski definition) is 3. The van der Waals surface area contributed by atoms with Gasteiger partial charge in [0.25, 0.3) is 0 Å². The van der Waals surface area contributed by atoms with Crippen molar-refractivity contribution < 1.29 is 0 Å². The molecular weight excluding hydrogens is 285 g/mol. The monoisotopic (exact) mass is 293 g/mol. The fourth-order valence-electron chi connectivity index (χ4n) is 1.90. The number of halogens is 2. The van der Waals surface area contributed by atoms with Crippen LogP contribution in [-0.2, 0) is 0 Å². The molecule has 4 N–H and O–H groups in total. The van der Waals surface area contributed by atoms with E-state index in [-0.39, 0.29) is 0 Å². The van der Waals surface area contributed by atoms with Gasteiger partial charge in [-0.15, -0.1) is 0 Å². The van der Waals surface area contributed by atoms with Crippen molar-refractivity contribution in [1.82, 2.24) is 20.4 Å². The van der Waals surface area contributed by atoms with Crippen molar-refractivity contribution in [3.8, 4) is 22.4 Å². The average molecular weight is 294 g/mol. The summed E-state index contributed by atoms with van der Waals surface area (Å²) in [5.41, 5.74) is 9.19. The Morgan fingerprint density at radius 1 is 1.11 bits per heavy atom. The fraction of sp³-hybridized carbons (Fsp3) is 0. The minimum Gasteiger partial charge on any atom is -0.382 e. The van der Waals surface area contributed by atoms with Gasteiger partial charge in [-0.25, -0.2) is 0 Å². The Hall–Kier alpha value is -1.98. The molecule has 0 spiro atoms. The van der Waals surface area contributed by atoms with E-state index in [1.165, 1.54) is 0 Å². The standard InChI is InChI=1S/C12H9Cl2N5/c13-8-2-1-6(3-9(8)14)10-11(18-19-12(10)15)7-4-16-17-5-7/h1-5H,(H,16,17)(H3,15,18,19). The number of nitrogens with zero attached hydrogens (tertiary/aromatic N) is 2. The van der Waals surface area contributed by atoms with Crippen LogP contribution in [-0.4, -0.2) is 20.4 Å². The van der Waals surface area contributed by atoms with E-state index in [0.717, 1.165) is 22.4 Å². The number of aromatic nitrogens is 4. The van der Waals surface area contributed by atoms with Crippen LogP contribution in [0.4, 0.5) is 5.82 Å². The Bertz CT molecular complexity index is 718. The van der Waals surface area contributed by atoms with Crippen LogP contribution in [0.1, 0.15) is 0 Å². The molecule has 0 saturated heterocycles. The van der Waals surface area contributed by atoms with Crippen molar-refractivity contribution in [2.75, 3.05) is 5.73 Å². The van der Waals surface area contributed by atoms with Crippen molar-refractivity contribution >= 4 is 29.0 Å². The number of H-pyrrole nitrogens is 2. The number of aromatic amines is 2. The van der Waals surface area contributed by atoms with Crippen LogP contribution in [0, 0.1) is 0 Å². The lowest BCUT2D eigenvalue weighted by Crippen LogP contribution is -1.88. The lowest BCUT2D eigenvalue weighted by Gasteiger charge is -2.04. The van der Waals surface area contributed by atoms with Crippen molar-refractivity contribution in [3.05, 3.63) is 40.6 Å². The summed E-state index contributed by atoms with van der Waals surface area (Å²) in [6.07, 6.45) is 3.45. The average Bonchev–Trinajstić information content (AvgIpc) is 3.01. The van der Waals surface area contributed by atoms with Crippen LogP contribution in [0.2, 0.25) is 10.0 Å². The lowest BCUT2D eigenvalue weighted by molar-refractivity contribution is 1.09. The highest BCUT2D eigenvalue weighted by molar-refractivity contribution is 6.42. The third kappa shape index (κ3) is 2.07. The Kier molecular flexibility index (Phi) is 2.93. The number of anilines is 1. The molecule has 2 heterocycles. The van der Waals surface area contributed by atoms with Gasteiger partial charge in [0.05, 0.1) is 27.5 Å². The molecule has 0 aliphatic rings. The van der Waals surface area contributed by atoms with Gasteiger partial charge in [0, 0.05) is 11.8 Å². The van der Waals surface area contributed by atoms with E-state index in [0.29, 0.717) is 15.9 Å². The van der Waals surface area contributed by atoms with Gasteiger partial charge in [-0.05, 0) is 17.7 Å². The number of hydrogen-bond acceptors (Lipinski definition) is 3. The number of nitrogens with one attached hydrogen (secondary N) is 2. The largest absolute Gasteiger partial charge is 0.382 e. The SMILES string of the molecule is Nc1n[nH]c(-c2cn[nH]c2)c1-c1ccc(Cl)c(Cl)c1. The molecule has 19 heavy (non-hydrogen) atoms. The van der Waals surface area contributed by atoms with Crippen molar-refractivity contribution in [1.29, 1.82) is 0 Å². The minimum atomic E-state index is 0.398. The van der Waals surface area contributed by atoms with Gasteiger partial charge in [0.15, 0.2) is 5.82 Å². The van der Waals surface area contributed by atoms with E-state index in [4.69, 9.17) is 28.9 Å². The molecule has 0 unspecified atom stereocenters. The van der Waals surface area contributed by atoms with Crippen molar-refractivity contribution in [2.24, 2.45) is 0 Å².